The maximum atomic E-state index is 10.8. The first-order chi connectivity index (χ1) is 7.04. The van der Waals surface area contributed by atoms with Crippen LogP contribution < -0.4 is 0 Å². The van der Waals surface area contributed by atoms with Crippen molar-refractivity contribution in [3.8, 4) is 0 Å². The zero-order valence-corrected chi connectivity index (χ0v) is 8.50. The summed E-state index contributed by atoms with van der Waals surface area (Å²) >= 11 is 0. The number of aliphatic hydroxyl groups is 1. The maximum Gasteiger partial charge on any atom is 0.303 e. The van der Waals surface area contributed by atoms with Gasteiger partial charge in [0.15, 0.2) is 12.2 Å². The summed E-state index contributed by atoms with van der Waals surface area (Å²) in [4.78, 5) is 21.5. The Morgan fingerprint density at radius 2 is 1.93 bits per heavy atom. The molecule has 1 saturated heterocycles. The van der Waals surface area contributed by atoms with Crippen molar-refractivity contribution in [2.75, 3.05) is 6.61 Å². The Morgan fingerprint density at radius 1 is 1.33 bits per heavy atom. The molecule has 0 amide bonds. The van der Waals surface area contributed by atoms with Gasteiger partial charge in [-0.2, -0.15) is 0 Å². The van der Waals surface area contributed by atoms with Crippen molar-refractivity contribution >= 4 is 11.9 Å². The molecule has 1 N–H and O–H groups in total. The molecule has 0 unspecified atom stereocenters. The van der Waals surface area contributed by atoms with Crippen molar-refractivity contribution in [1.82, 2.24) is 0 Å². The van der Waals surface area contributed by atoms with Gasteiger partial charge < -0.3 is 19.3 Å². The SMILES string of the molecule is CC(=O)O[C@@H]1[C@H](OC(C)=O)[CH]O[C@@H]1CO. The molecule has 0 aromatic rings. The highest BCUT2D eigenvalue weighted by atomic mass is 16.6. The highest BCUT2D eigenvalue weighted by Crippen LogP contribution is 2.23. The van der Waals surface area contributed by atoms with Gasteiger partial charge in [0.05, 0.1) is 6.61 Å². The molecule has 15 heavy (non-hydrogen) atoms. The molecule has 1 fully saturated rings. The van der Waals surface area contributed by atoms with Crippen LogP contribution in [0.3, 0.4) is 0 Å². The minimum Gasteiger partial charge on any atom is -0.456 e. The van der Waals surface area contributed by atoms with Crippen LogP contribution in [0.15, 0.2) is 0 Å². The van der Waals surface area contributed by atoms with Gasteiger partial charge in [0, 0.05) is 13.8 Å². The van der Waals surface area contributed by atoms with E-state index >= 15 is 0 Å². The fraction of sp³-hybridized carbons (Fsp3) is 0.667. The van der Waals surface area contributed by atoms with Crippen LogP contribution in [0.5, 0.6) is 0 Å². The summed E-state index contributed by atoms with van der Waals surface area (Å²) < 4.78 is 14.7. The van der Waals surface area contributed by atoms with E-state index in [4.69, 9.17) is 19.3 Å². The van der Waals surface area contributed by atoms with Gasteiger partial charge in [0.25, 0.3) is 0 Å². The molecule has 3 atom stereocenters. The van der Waals surface area contributed by atoms with Crippen LogP contribution in [0.4, 0.5) is 0 Å². The van der Waals surface area contributed by atoms with Gasteiger partial charge in [-0.3, -0.25) is 9.59 Å². The first-order valence-corrected chi connectivity index (χ1v) is 4.48. The summed E-state index contributed by atoms with van der Waals surface area (Å²) in [6.45, 7) is 3.41. The highest BCUT2D eigenvalue weighted by Gasteiger charge is 2.42. The second-order valence-electron chi connectivity index (χ2n) is 3.14. The van der Waals surface area contributed by atoms with E-state index < -0.39 is 30.3 Å². The molecule has 0 aromatic heterocycles. The first kappa shape index (κ1) is 11.9. The molecule has 6 nitrogen and oxygen atoms in total. The summed E-state index contributed by atoms with van der Waals surface area (Å²) in [5.74, 6) is -1.02. The zero-order chi connectivity index (χ0) is 11.4. The monoisotopic (exact) mass is 217 g/mol. The van der Waals surface area contributed by atoms with Crippen molar-refractivity contribution in [3.05, 3.63) is 6.61 Å². The average Bonchev–Trinajstić information content (AvgIpc) is 2.47. The van der Waals surface area contributed by atoms with E-state index in [1.807, 2.05) is 0 Å². The molecule has 0 aromatic carbocycles. The van der Waals surface area contributed by atoms with Crippen LogP contribution in [-0.2, 0) is 23.8 Å². The summed E-state index contributed by atoms with van der Waals surface area (Å²) in [6, 6.07) is 0. The molecule has 0 spiro atoms. The number of hydrogen-bond donors (Lipinski definition) is 1. The second-order valence-corrected chi connectivity index (χ2v) is 3.14. The Labute approximate surface area is 87.1 Å². The lowest BCUT2D eigenvalue weighted by Crippen LogP contribution is -2.38. The predicted octanol–water partition coefficient (Wildman–Crippen LogP) is -0.597. The van der Waals surface area contributed by atoms with Crippen molar-refractivity contribution in [1.29, 1.82) is 0 Å². The molecule has 1 rings (SSSR count). The smallest absolute Gasteiger partial charge is 0.303 e. The predicted molar refractivity (Wildman–Crippen MR) is 47.4 cm³/mol. The molecule has 1 aliphatic rings. The van der Waals surface area contributed by atoms with Gasteiger partial charge in [0.2, 0.25) is 0 Å². The Hall–Kier alpha value is -1.14. The molecular formula is C9H13O6. The Balaban J connectivity index is 2.62. The molecule has 1 heterocycles. The zero-order valence-electron chi connectivity index (χ0n) is 8.50. The molecule has 0 aliphatic carbocycles. The highest BCUT2D eigenvalue weighted by molar-refractivity contribution is 5.67. The Morgan fingerprint density at radius 3 is 2.40 bits per heavy atom. The Bertz CT molecular complexity index is 251. The maximum absolute atomic E-state index is 10.8. The summed E-state index contributed by atoms with van der Waals surface area (Å²) in [6.07, 6.45) is -2.22. The van der Waals surface area contributed by atoms with Gasteiger partial charge in [-0.1, -0.05) is 0 Å². The van der Waals surface area contributed by atoms with Gasteiger partial charge in [0.1, 0.15) is 12.7 Å². The summed E-state index contributed by atoms with van der Waals surface area (Å²) in [7, 11) is 0. The van der Waals surface area contributed by atoms with E-state index in [-0.39, 0.29) is 6.61 Å². The van der Waals surface area contributed by atoms with Crippen LogP contribution in [0.25, 0.3) is 0 Å². The van der Waals surface area contributed by atoms with Crippen LogP contribution in [0.2, 0.25) is 0 Å². The van der Waals surface area contributed by atoms with Gasteiger partial charge in [-0.25, -0.2) is 0 Å². The fourth-order valence-electron chi connectivity index (χ4n) is 1.31. The van der Waals surface area contributed by atoms with Crippen LogP contribution >= 0.6 is 0 Å². The van der Waals surface area contributed by atoms with Gasteiger partial charge in [-0.05, 0) is 0 Å². The summed E-state index contributed by atoms with van der Waals surface area (Å²) in [5.41, 5.74) is 0. The van der Waals surface area contributed by atoms with E-state index in [2.05, 4.69) is 0 Å². The van der Waals surface area contributed by atoms with Crippen molar-refractivity contribution in [2.45, 2.75) is 32.2 Å². The molecule has 85 valence electrons. The quantitative estimate of drug-likeness (QED) is 0.636. The number of esters is 2. The second kappa shape index (κ2) is 5.09. The van der Waals surface area contributed by atoms with E-state index in [0.717, 1.165) is 0 Å². The number of rotatable bonds is 3. The lowest BCUT2D eigenvalue weighted by molar-refractivity contribution is -0.163. The van der Waals surface area contributed by atoms with Crippen LogP contribution in [0.1, 0.15) is 13.8 Å². The van der Waals surface area contributed by atoms with Crippen LogP contribution in [-0.4, -0.2) is 42.0 Å². The number of carbonyl (C=O) groups excluding carboxylic acids is 2. The standard InChI is InChI=1S/C9H13O6/c1-5(11)14-8-4-13-7(3-10)9(8)15-6(2)12/h4,7-10H,3H2,1-2H3/t7-,8-,9+/m1/s1. The minimum absolute atomic E-state index is 0.313. The van der Waals surface area contributed by atoms with Crippen molar-refractivity contribution in [2.24, 2.45) is 0 Å². The molecular weight excluding hydrogens is 204 g/mol. The number of aliphatic hydroxyl groups excluding tert-OH is 1. The normalized spacial score (nSPS) is 29.9. The number of hydrogen-bond acceptors (Lipinski definition) is 6. The number of carbonyl (C=O) groups is 2. The molecule has 1 radical (unpaired) electrons. The largest absolute Gasteiger partial charge is 0.456 e. The number of ether oxygens (including phenoxy) is 3. The lowest BCUT2D eigenvalue weighted by Gasteiger charge is -2.20. The van der Waals surface area contributed by atoms with Crippen molar-refractivity contribution in [3.63, 3.8) is 0 Å². The minimum atomic E-state index is -0.781. The van der Waals surface area contributed by atoms with E-state index in [1.54, 1.807) is 0 Å². The fourth-order valence-corrected chi connectivity index (χ4v) is 1.31. The molecule has 6 heteroatoms. The molecule has 0 saturated carbocycles. The third-order valence-corrected chi connectivity index (χ3v) is 1.86. The topological polar surface area (TPSA) is 82.1 Å². The van der Waals surface area contributed by atoms with E-state index in [0.29, 0.717) is 0 Å². The third-order valence-electron chi connectivity index (χ3n) is 1.86. The molecule has 1 aliphatic heterocycles. The first-order valence-electron chi connectivity index (χ1n) is 4.48. The third kappa shape index (κ3) is 3.17. The molecule has 0 bridgehead atoms. The van der Waals surface area contributed by atoms with E-state index in [9.17, 15) is 9.59 Å². The van der Waals surface area contributed by atoms with Crippen molar-refractivity contribution < 1.29 is 28.9 Å². The van der Waals surface area contributed by atoms with E-state index in [1.165, 1.54) is 20.5 Å². The average molecular weight is 217 g/mol. The lowest BCUT2D eigenvalue weighted by atomic mass is 10.1. The summed E-state index contributed by atoms with van der Waals surface area (Å²) in [5, 5.41) is 8.92. The van der Waals surface area contributed by atoms with Gasteiger partial charge >= 0.3 is 11.9 Å². The van der Waals surface area contributed by atoms with Crippen LogP contribution in [0, 0.1) is 6.61 Å². The van der Waals surface area contributed by atoms with Gasteiger partial charge in [-0.15, -0.1) is 0 Å². The Kier molecular flexibility index (Phi) is 4.05.